The number of rotatable bonds is 7. The Labute approximate surface area is 156 Å². The van der Waals surface area contributed by atoms with Crippen LogP contribution in [-0.2, 0) is 22.6 Å². The van der Waals surface area contributed by atoms with Crippen molar-refractivity contribution in [3.05, 3.63) is 58.0 Å². The third kappa shape index (κ3) is 5.12. The second-order valence-electron chi connectivity index (χ2n) is 6.29. The minimum Gasteiger partial charge on any atom is -0.356 e. The Hall–Kier alpha value is -2.25. The Kier molecular flexibility index (Phi) is 6.35. The van der Waals surface area contributed by atoms with E-state index in [1.165, 1.54) is 17.0 Å². The highest BCUT2D eigenvalue weighted by Crippen LogP contribution is 2.17. The molecule has 1 aromatic heterocycles. The Morgan fingerprint density at radius 2 is 2.12 bits per heavy atom. The van der Waals surface area contributed by atoms with Crippen molar-refractivity contribution in [3.8, 4) is 0 Å². The van der Waals surface area contributed by atoms with Gasteiger partial charge < -0.3 is 10.6 Å². The van der Waals surface area contributed by atoms with E-state index in [1.807, 2.05) is 17.5 Å². The molecule has 2 amide bonds. The molecule has 2 N–H and O–H groups in total. The molecule has 26 heavy (non-hydrogen) atoms. The van der Waals surface area contributed by atoms with Crippen LogP contribution in [0.15, 0.2) is 41.8 Å². The molecule has 0 spiro atoms. The predicted molar refractivity (Wildman–Crippen MR) is 99.3 cm³/mol. The van der Waals surface area contributed by atoms with Crippen LogP contribution in [-0.4, -0.2) is 42.4 Å². The zero-order chi connectivity index (χ0) is 18.4. The number of hydrogen-bond donors (Lipinski definition) is 2. The highest BCUT2D eigenvalue weighted by molar-refractivity contribution is 7.09. The SMILES string of the molecule is O=C(CC1C(=O)NCCN1Cc1cccs1)NCCc1ccc(F)cc1. The van der Waals surface area contributed by atoms with Crippen LogP contribution in [0.5, 0.6) is 0 Å². The van der Waals surface area contributed by atoms with Crippen molar-refractivity contribution in [3.63, 3.8) is 0 Å². The number of hydrogen-bond acceptors (Lipinski definition) is 4. The molecule has 1 aromatic carbocycles. The molecule has 2 heterocycles. The first-order valence-corrected chi connectivity index (χ1v) is 9.55. The number of carbonyl (C=O) groups is 2. The van der Waals surface area contributed by atoms with Gasteiger partial charge in [-0.25, -0.2) is 4.39 Å². The van der Waals surface area contributed by atoms with Crippen LogP contribution in [0.3, 0.4) is 0 Å². The van der Waals surface area contributed by atoms with Crippen molar-refractivity contribution >= 4 is 23.2 Å². The largest absolute Gasteiger partial charge is 0.356 e. The number of benzene rings is 1. The molecule has 5 nitrogen and oxygen atoms in total. The summed E-state index contributed by atoms with van der Waals surface area (Å²) in [5, 5.41) is 7.71. The van der Waals surface area contributed by atoms with Crippen LogP contribution in [0.2, 0.25) is 0 Å². The van der Waals surface area contributed by atoms with Gasteiger partial charge in [-0.05, 0) is 35.6 Å². The number of piperazine rings is 1. The van der Waals surface area contributed by atoms with Gasteiger partial charge in [-0.15, -0.1) is 11.3 Å². The number of amides is 2. The molecular weight excluding hydrogens is 353 g/mol. The maximum atomic E-state index is 12.9. The maximum absolute atomic E-state index is 12.9. The summed E-state index contributed by atoms with van der Waals surface area (Å²) in [4.78, 5) is 27.7. The van der Waals surface area contributed by atoms with Gasteiger partial charge in [-0.3, -0.25) is 14.5 Å². The van der Waals surface area contributed by atoms with Crippen molar-refractivity contribution < 1.29 is 14.0 Å². The number of nitrogens with zero attached hydrogens (tertiary/aromatic N) is 1. The molecule has 0 aliphatic carbocycles. The summed E-state index contributed by atoms with van der Waals surface area (Å²) in [5.74, 6) is -0.515. The van der Waals surface area contributed by atoms with Crippen LogP contribution in [0.1, 0.15) is 16.9 Å². The highest BCUT2D eigenvalue weighted by Gasteiger charge is 2.31. The molecule has 1 aliphatic heterocycles. The Morgan fingerprint density at radius 1 is 1.31 bits per heavy atom. The third-order valence-corrected chi connectivity index (χ3v) is 5.27. The second-order valence-corrected chi connectivity index (χ2v) is 7.32. The molecule has 1 aliphatic rings. The highest BCUT2D eigenvalue weighted by atomic mass is 32.1. The lowest BCUT2D eigenvalue weighted by Gasteiger charge is -2.34. The molecule has 3 rings (SSSR count). The average Bonchev–Trinajstić information content (AvgIpc) is 3.13. The lowest BCUT2D eigenvalue weighted by molar-refractivity contribution is -0.134. The zero-order valence-corrected chi connectivity index (χ0v) is 15.2. The zero-order valence-electron chi connectivity index (χ0n) is 14.4. The van der Waals surface area contributed by atoms with Crippen LogP contribution in [0, 0.1) is 5.82 Å². The summed E-state index contributed by atoms with van der Waals surface area (Å²) in [6.45, 7) is 2.48. The number of nitrogens with one attached hydrogen (secondary N) is 2. The van der Waals surface area contributed by atoms with Crippen molar-refractivity contribution in [1.29, 1.82) is 0 Å². The molecule has 138 valence electrons. The lowest BCUT2D eigenvalue weighted by Crippen LogP contribution is -2.56. The quantitative estimate of drug-likeness (QED) is 0.778. The van der Waals surface area contributed by atoms with Gasteiger partial charge in [-0.2, -0.15) is 0 Å². The van der Waals surface area contributed by atoms with Crippen LogP contribution in [0.4, 0.5) is 4.39 Å². The van der Waals surface area contributed by atoms with Crippen molar-refractivity contribution in [2.24, 2.45) is 0 Å². The van der Waals surface area contributed by atoms with E-state index < -0.39 is 6.04 Å². The average molecular weight is 375 g/mol. The van der Waals surface area contributed by atoms with E-state index in [4.69, 9.17) is 0 Å². The first-order chi connectivity index (χ1) is 12.6. The molecule has 1 unspecified atom stereocenters. The van der Waals surface area contributed by atoms with Gasteiger partial charge in [0.05, 0.1) is 12.5 Å². The standard InChI is InChI=1S/C19H22FN3O2S/c20-15-5-3-14(4-6-15)7-8-21-18(24)12-17-19(25)22-9-10-23(17)13-16-2-1-11-26-16/h1-6,11,17H,7-10,12-13H2,(H,21,24)(H,22,25). The van der Waals surface area contributed by atoms with E-state index in [2.05, 4.69) is 15.5 Å². The topological polar surface area (TPSA) is 61.4 Å². The lowest BCUT2D eigenvalue weighted by atomic mass is 10.1. The smallest absolute Gasteiger partial charge is 0.237 e. The van der Waals surface area contributed by atoms with E-state index in [9.17, 15) is 14.0 Å². The van der Waals surface area contributed by atoms with Gasteiger partial charge >= 0.3 is 0 Å². The van der Waals surface area contributed by atoms with Gasteiger partial charge in [-0.1, -0.05) is 18.2 Å². The molecule has 7 heteroatoms. The monoisotopic (exact) mass is 375 g/mol. The van der Waals surface area contributed by atoms with Crippen molar-refractivity contribution in [2.75, 3.05) is 19.6 Å². The minimum absolute atomic E-state index is 0.0958. The first-order valence-electron chi connectivity index (χ1n) is 8.67. The summed E-state index contributed by atoms with van der Waals surface area (Å²) < 4.78 is 12.9. The Balaban J connectivity index is 1.50. The maximum Gasteiger partial charge on any atom is 0.237 e. The molecule has 1 saturated heterocycles. The fraction of sp³-hybridized carbons (Fsp3) is 0.368. The summed E-state index contributed by atoms with van der Waals surface area (Å²) >= 11 is 1.65. The molecule has 1 fully saturated rings. The Bertz CT molecular complexity index is 734. The van der Waals surface area contributed by atoms with E-state index in [-0.39, 0.29) is 24.1 Å². The minimum atomic E-state index is -0.448. The van der Waals surface area contributed by atoms with Crippen molar-refractivity contribution in [1.82, 2.24) is 15.5 Å². The molecule has 0 saturated carbocycles. The summed E-state index contributed by atoms with van der Waals surface area (Å²) in [6, 6.07) is 9.81. The number of carbonyl (C=O) groups excluding carboxylic acids is 2. The molecule has 1 atom stereocenters. The van der Waals surface area contributed by atoms with Crippen LogP contribution >= 0.6 is 11.3 Å². The van der Waals surface area contributed by atoms with Gasteiger partial charge in [0, 0.05) is 31.1 Å². The number of thiophene rings is 1. The van der Waals surface area contributed by atoms with Crippen LogP contribution in [0.25, 0.3) is 0 Å². The van der Waals surface area contributed by atoms with Crippen molar-refractivity contribution in [2.45, 2.75) is 25.4 Å². The summed E-state index contributed by atoms with van der Waals surface area (Å²) in [7, 11) is 0. The summed E-state index contributed by atoms with van der Waals surface area (Å²) in [5.41, 5.74) is 0.960. The van der Waals surface area contributed by atoms with Gasteiger partial charge in [0.25, 0.3) is 0 Å². The molecule has 0 bridgehead atoms. The van der Waals surface area contributed by atoms with Gasteiger partial charge in [0.1, 0.15) is 5.82 Å². The second kappa shape index (κ2) is 8.91. The van der Waals surface area contributed by atoms with E-state index in [0.717, 1.165) is 12.1 Å². The van der Waals surface area contributed by atoms with E-state index in [1.54, 1.807) is 23.5 Å². The number of halogens is 1. The normalized spacial score (nSPS) is 17.7. The first kappa shape index (κ1) is 18.5. The van der Waals surface area contributed by atoms with Gasteiger partial charge in [0.2, 0.25) is 11.8 Å². The molecular formula is C19H22FN3O2S. The third-order valence-electron chi connectivity index (χ3n) is 4.41. The molecule has 2 aromatic rings. The summed E-state index contributed by atoms with van der Waals surface area (Å²) in [6.07, 6.45) is 0.766. The van der Waals surface area contributed by atoms with Gasteiger partial charge in [0.15, 0.2) is 0 Å². The van der Waals surface area contributed by atoms with Crippen LogP contribution < -0.4 is 10.6 Å². The predicted octanol–water partition coefficient (Wildman–Crippen LogP) is 1.94. The fourth-order valence-corrected chi connectivity index (χ4v) is 3.75. The Morgan fingerprint density at radius 3 is 2.85 bits per heavy atom. The van der Waals surface area contributed by atoms with E-state index in [0.29, 0.717) is 26.1 Å². The van der Waals surface area contributed by atoms with E-state index >= 15 is 0 Å². The fourth-order valence-electron chi connectivity index (χ4n) is 3.02. The molecule has 0 radical (unpaired) electrons.